The zero-order valence-electron chi connectivity index (χ0n) is 9.37. The first-order valence-electron chi connectivity index (χ1n) is 4.56. The van der Waals surface area contributed by atoms with Crippen molar-refractivity contribution in [2.45, 2.75) is 38.4 Å². The lowest BCUT2D eigenvalue weighted by molar-refractivity contribution is 0.391. The Labute approximate surface area is 88.9 Å². The molecule has 0 spiro atoms. The average Bonchev–Trinajstić information content (AvgIpc) is 2.10. The number of allylic oxidation sites excluding steroid dienone is 1. The van der Waals surface area contributed by atoms with Gasteiger partial charge in [0.05, 0.1) is 11.9 Å². The Morgan fingerprint density at radius 2 is 2.14 bits per heavy atom. The van der Waals surface area contributed by atoms with Gasteiger partial charge in [0.15, 0.2) is 5.90 Å². The minimum Gasteiger partial charge on any atom is -0.484 e. The third-order valence-corrected chi connectivity index (χ3v) is 2.92. The van der Waals surface area contributed by atoms with E-state index in [0.717, 1.165) is 6.42 Å². The van der Waals surface area contributed by atoms with Crippen LogP contribution in [0.5, 0.6) is 0 Å². The monoisotopic (exact) mass is 217 g/mol. The van der Waals surface area contributed by atoms with E-state index < -0.39 is 11.0 Å². The molecule has 0 bridgehead atoms. The molecule has 0 aliphatic rings. The molecule has 0 aromatic carbocycles. The van der Waals surface area contributed by atoms with E-state index in [2.05, 4.69) is 11.0 Å². The van der Waals surface area contributed by atoms with Crippen LogP contribution < -0.4 is 0 Å². The largest absolute Gasteiger partial charge is 0.484 e. The summed E-state index contributed by atoms with van der Waals surface area (Å²) in [5, 5.41) is 0. The van der Waals surface area contributed by atoms with Gasteiger partial charge in [0.2, 0.25) is 0 Å². The van der Waals surface area contributed by atoms with Crippen LogP contribution in [0.15, 0.2) is 17.1 Å². The Morgan fingerprint density at radius 1 is 1.57 bits per heavy atom. The van der Waals surface area contributed by atoms with Crippen molar-refractivity contribution < 1.29 is 8.95 Å². The Bertz CT molecular complexity index is 241. The fourth-order valence-electron chi connectivity index (χ4n) is 0.640. The van der Waals surface area contributed by atoms with Gasteiger partial charge in [-0.15, -0.1) is 6.58 Å². The van der Waals surface area contributed by atoms with Crippen LogP contribution in [0, 0.1) is 0 Å². The minimum atomic E-state index is -1.24. The Balaban J connectivity index is 4.43. The Hall–Kier alpha value is -0.640. The van der Waals surface area contributed by atoms with E-state index >= 15 is 0 Å². The quantitative estimate of drug-likeness (QED) is 0.412. The fraction of sp³-hybridized carbons (Fsp3) is 0.700. The minimum absolute atomic E-state index is 0.335. The van der Waals surface area contributed by atoms with Crippen molar-refractivity contribution in [1.29, 1.82) is 0 Å². The van der Waals surface area contributed by atoms with Crippen LogP contribution >= 0.6 is 0 Å². The molecule has 0 saturated heterocycles. The first kappa shape index (κ1) is 13.4. The summed E-state index contributed by atoms with van der Waals surface area (Å²) in [4.78, 5) is 0. The number of nitrogens with zero attached hydrogens (tertiary/aromatic N) is 1. The van der Waals surface area contributed by atoms with Crippen molar-refractivity contribution in [3.05, 3.63) is 12.7 Å². The molecule has 0 aromatic rings. The normalized spacial score (nSPS) is 15.0. The summed E-state index contributed by atoms with van der Waals surface area (Å²) in [7, 11) is 0.301. The maximum Gasteiger partial charge on any atom is 0.197 e. The molecule has 1 atom stereocenters. The molecule has 1 unspecified atom stereocenters. The molecule has 0 N–H and O–H groups in total. The van der Waals surface area contributed by atoms with Gasteiger partial charge in [-0.1, -0.05) is 6.08 Å². The third-order valence-electron chi connectivity index (χ3n) is 1.51. The molecule has 0 radical (unpaired) electrons. The molecule has 0 rings (SSSR count). The van der Waals surface area contributed by atoms with Gasteiger partial charge in [0, 0.05) is 6.42 Å². The number of ether oxygens (including phenoxy) is 1. The van der Waals surface area contributed by atoms with Crippen molar-refractivity contribution in [3.63, 3.8) is 0 Å². The van der Waals surface area contributed by atoms with Gasteiger partial charge in [0.1, 0.15) is 11.0 Å². The predicted molar refractivity (Wildman–Crippen MR) is 61.8 cm³/mol. The first-order chi connectivity index (χ1) is 6.41. The molecule has 0 saturated carbocycles. The van der Waals surface area contributed by atoms with Crippen LogP contribution in [0.4, 0.5) is 0 Å². The van der Waals surface area contributed by atoms with Gasteiger partial charge in [-0.05, 0) is 27.2 Å². The molecule has 0 aromatic heterocycles. The van der Waals surface area contributed by atoms with Crippen LogP contribution in [-0.4, -0.2) is 22.0 Å². The molecular formula is C10H19NO2S. The fourth-order valence-corrected chi connectivity index (χ4v) is 1.26. The highest BCUT2D eigenvalue weighted by Gasteiger charge is 2.19. The molecule has 3 nitrogen and oxygen atoms in total. The molecule has 0 amide bonds. The van der Waals surface area contributed by atoms with Gasteiger partial charge >= 0.3 is 0 Å². The molecule has 0 fully saturated rings. The van der Waals surface area contributed by atoms with E-state index in [-0.39, 0.29) is 4.75 Å². The van der Waals surface area contributed by atoms with Crippen molar-refractivity contribution in [2.75, 3.05) is 7.11 Å². The highest BCUT2D eigenvalue weighted by molar-refractivity contribution is 7.85. The summed E-state index contributed by atoms with van der Waals surface area (Å²) in [6, 6.07) is 0. The zero-order chi connectivity index (χ0) is 11.2. The van der Waals surface area contributed by atoms with Crippen molar-refractivity contribution in [1.82, 2.24) is 0 Å². The molecule has 0 aliphatic carbocycles. The van der Waals surface area contributed by atoms with Gasteiger partial charge < -0.3 is 4.74 Å². The lowest BCUT2D eigenvalue weighted by atomic mass is 10.3. The summed E-state index contributed by atoms with van der Waals surface area (Å²) < 4.78 is 20.3. The zero-order valence-corrected chi connectivity index (χ0v) is 10.2. The van der Waals surface area contributed by atoms with Gasteiger partial charge in [0.25, 0.3) is 0 Å². The van der Waals surface area contributed by atoms with Crippen LogP contribution in [0.1, 0.15) is 33.6 Å². The summed E-state index contributed by atoms with van der Waals surface area (Å²) in [5.74, 6) is 0.526. The molecule has 0 heterocycles. The SMILES string of the molecule is C=CCC/C(=N/S(=O)C(C)(C)C)OC. The second-order valence-electron chi connectivity index (χ2n) is 3.88. The van der Waals surface area contributed by atoms with Crippen LogP contribution in [0.3, 0.4) is 0 Å². The molecule has 4 heteroatoms. The van der Waals surface area contributed by atoms with Crippen LogP contribution in [-0.2, 0) is 15.7 Å². The standard InChI is InChI=1S/C10H19NO2S/c1-6-7-8-9(13-5)11-14(12)10(2,3)4/h6H,1,7-8H2,2-5H3/b11-9-. The molecular weight excluding hydrogens is 198 g/mol. The number of hydrogen-bond donors (Lipinski definition) is 0. The second kappa shape index (κ2) is 5.96. The first-order valence-corrected chi connectivity index (χ1v) is 5.67. The smallest absolute Gasteiger partial charge is 0.197 e. The highest BCUT2D eigenvalue weighted by Crippen LogP contribution is 2.13. The average molecular weight is 217 g/mol. The predicted octanol–water partition coefficient (Wildman–Crippen LogP) is 2.46. The van der Waals surface area contributed by atoms with E-state index in [1.54, 1.807) is 13.2 Å². The molecule has 14 heavy (non-hydrogen) atoms. The maximum absolute atomic E-state index is 11.6. The van der Waals surface area contributed by atoms with Crippen molar-refractivity contribution in [3.8, 4) is 0 Å². The van der Waals surface area contributed by atoms with E-state index in [9.17, 15) is 4.21 Å². The van der Waals surface area contributed by atoms with Gasteiger partial charge in [-0.25, -0.2) is 4.21 Å². The van der Waals surface area contributed by atoms with Crippen molar-refractivity contribution >= 4 is 16.9 Å². The number of methoxy groups -OCH3 is 1. The number of hydrogen-bond acceptors (Lipinski definition) is 2. The summed E-state index contributed by atoms with van der Waals surface area (Å²) >= 11 is 0. The Morgan fingerprint density at radius 3 is 2.50 bits per heavy atom. The summed E-state index contributed by atoms with van der Waals surface area (Å²) in [6.07, 6.45) is 3.23. The lowest BCUT2D eigenvalue weighted by Gasteiger charge is -2.14. The maximum atomic E-state index is 11.6. The highest BCUT2D eigenvalue weighted by atomic mass is 32.2. The summed E-state index contributed by atoms with van der Waals surface area (Å²) in [5.41, 5.74) is 0. The Kier molecular flexibility index (Phi) is 5.69. The van der Waals surface area contributed by atoms with Gasteiger partial charge in [-0.2, -0.15) is 4.40 Å². The van der Waals surface area contributed by atoms with Gasteiger partial charge in [-0.3, -0.25) is 0 Å². The number of rotatable bonds is 4. The van der Waals surface area contributed by atoms with Crippen LogP contribution in [0.2, 0.25) is 0 Å². The van der Waals surface area contributed by atoms with E-state index in [0.29, 0.717) is 12.3 Å². The summed E-state index contributed by atoms with van der Waals surface area (Å²) in [6.45, 7) is 9.26. The van der Waals surface area contributed by atoms with E-state index in [4.69, 9.17) is 4.74 Å². The lowest BCUT2D eigenvalue weighted by Crippen LogP contribution is -2.21. The van der Waals surface area contributed by atoms with Crippen molar-refractivity contribution in [2.24, 2.45) is 4.40 Å². The molecule has 0 aliphatic heterocycles. The second-order valence-corrected chi connectivity index (χ2v) is 5.78. The van der Waals surface area contributed by atoms with E-state index in [1.165, 1.54) is 0 Å². The van der Waals surface area contributed by atoms with E-state index in [1.807, 2.05) is 20.8 Å². The third kappa shape index (κ3) is 5.17. The molecule has 82 valence electrons. The topological polar surface area (TPSA) is 38.7 Å². The van der Waals surface area contributed by atoms with Crippen LogP contribution in [0.25, 0.3) is 0 Å².